The molecule has 0 unspecified atom stereocenters. The van der Waals surface area contributed by atoms with Gasteiger partial charge in [-0.1, -0.05) is 18.2 Å². The van der Waals surface area contributed by atoms with E-state index < -0.39 is 0 Å². The van der Waals surface area contributed by atoms with Gasteiger partial charge in [-0.3, -0.25) is 0 Å². The second kappa shape index (κ2) is 8.38. The molecule has 6 nitrogen and oxygen atoms in total. The molecule has 146 valence electrons. The van der Waals surface area contributed by atoms with E-state index in [1.165, 1.54) is 0 Å². The van der Waals surface area contributed by atoms with Crippen molar-refractivity contribution in [3.8, 4) is 10.6 Å². The van der Waals surface area contributed by atoms with Crippen molar-refractivity contribution in [3.05, 3.63) is 83.1 Å². The first-order valence-corrected chi connectivity index (χ1v) is 10.1. The van der Waals surface area contributed by atoms with E-state index in [9.17, 15) is 0 Å². The van der Waals surface area contributed by atoms with E-state index in [4.69, 9.17) is 16.5 Å². The van der Waals surface area contributed by atoms with Crippen LogP contribution in [0.3, 0.4) is 0 Å². The maximum Gasteiger partial charge on any atom is 0.132 e. The van der Waals surface area contributed by atoms with E-state index in [1.807, 2.05) is 67.7 Å². The van der Waals surface area contributed by atoms with Crippen LogP contribution in [0, 0.1) is 6.92 Å². The van der Waals surface area contributed by atoms with Gasteiger partial charge in [-0.15, -0.1) is 11.3 Å². The molecule has 0 fully saturated rings. The summed E-state index contributed by atoms with van der Waals surface area (Å²) in [6.07, 6.45) is 4.32. The lowest BCUT2D eigenvalue weighted by molar-refractivity contribution is 0.715. The highest BCUT2D eigenvalue weighted by Crippen LogP contribution is 2.29. The van der Waals surface area contributed by atoms with Gasteiger partial charge in [0.25, 0.3) is 0 Å². The molecule has 0 saturated heterocycles. The van der Waals surface area contributed by atoms with Crippen LogP contribution < -0.4 is 16.8 Å². The standard InChI is InChI=1S/C22H22N6S/c1-14-9-10-25-21(11-14)28-20-4-2-3-18(27-20)19-13-26-22(29-19)17(24)12-15-5-7-16(23)8-6-15/h2-11,13,17H,12,23-24H2,1H3,(H,25,27,28)/t17-/m0/s1. The molecule has 1 atom stereocenters. The van der Waals surface area contributed by atoms with Crippen molar-refractivity contribution in [2.45, 2.75) is 19.4 Å². The minimum Gasteiger partial charge on any atom is -0.399 e. The summed E-state index contributed by atoms with van der Waals surface area (Å²) in [6.45, 7) is 2.03. The lowest BCUT2D eigenvalue weighted by atomic mass is 10.1. The van der Waals surface area contributed by atoms with Crippen LogP contribution in [-0.4, -0.2) is 15.0 Å². The Hall–Kier alpha value is -3.29. The molecule has 3 heterocycles. The predicted octanol–water partition coefficient (Wildman–Crippen LogP) is 4.48. The molecule has 4 rings (SSSR count). The van der Waals surface area contributed by atoms with Gasteiger partial charge in [-0.05, 0) is 60.9 Å². The van der Waals surface area contributed by atoms with Crippen molar-refractivity contribution in [2.24, 2.45) is 5.73 Å². The Kier molecular flexibility index (Phi) is 5.50. The number of nitrogens with one attached hydrogen (secondary N) is 1. The minimum atomic E-state index is -0.171. The molecule has 5 N–H and O–H groups in total. The number of hydrogen-bond donors (Lipinski definition) is 3. The smallest absolute Gasteiger partial charge is 0.132 e. The molecule has 0 aliphatic rings. The highest BCUT2D eigenvalue weighted by atomic mass is 32.1. The summed E-state index contributed by atoms with van der Waals surface area (Å²) in [5, 5.41) is 4.14. The van der Waals surface area contributed by atoms with Crippen molar-refractivity contribution in [1.82, 2.24) is 15.0 Å². The van der Waals surface area contributed by atoms with Crippen LogP contribution in [-0.2, 0) is 6.42 Å². The van der Waals surface area contributed by atoms with Crippen LogP contribution in [0.4, 0.5) is 17.3 Å². The summed E-state index contributed by atoms with van der Waals surface area (Å²) in [5.74, 6) is 1.51. The number of rotatable bonds is 6. The number of aromatic nitrogens is 3. The van der Waals surface area contributed by atoms with Gasteiger partial charge in [0.2, 0.25) is 0 Å². The molecule has 0 radical (unpaired) electrons. The average molecular weight is 403 g/mol. The first-order valence-electron chi connectivity index (χ1n) is 9.29. The highest BCUT2D eigenvalue weighted by Gasteiger charge is 2.14. The SMILES string of the molecule is Cc1ccnc(Nc2cccc(-c3cnc([C@@H](N)Cc4ccc(N)cc4)s3)n2)c1. The highest BCUT2D eigenvalue weighted by molar-refractivity contribution is 7.15. The Bertz CT molecular complexity index is 1110. The summed E-state index contributed by atoms with van der Waals surface area (Å²) < 4.78 is 0. The number of hydrogen-bond acceptors (Lipinski definition) is 7. The van der Waals surface area contributed by atoms with E-state index in [0.29, 0.717) is 6.42 Å². The van der Waals surface area contributed by atoms with Crippen LogP contribution in [0.25, 0.3) is 10.6 Å². The molecule has 3 aromatic heterocycles. The fourth-order valence-electron chi connectivity index (χ4n) is 2.95. The molecule has 0 saturated carbocycles. The molecule has 0 spiro atoms. The van der Waals surface area contributed by atoms with Crippen molar-refractivity contribution in [1.29, 1.82) is 0 Å². The fourth-order valence-corrected chi connectivity index (χ4v) is 3.84. The number of benzene rings is 1. The lowest BCUT2D eigenvalue weighted by Crippen LogP contribution is -2.12. The Morgan fingerprint density at radius 3 is 2.66 bits per heavy atom. The topological polar surface area (TPSA) is 103 Å². The molecule has 0 aliphatic carbocycles. The molecule has 29 heavy (non-hydrogen) atoms. The maximum absolute atomic E-state index is 6.38. The monoisotopic (exact) mass is 402 g/mol. The quantitative estimate of drug-likeness (QED) is 0.411. The molecular weight excluding hydrogens is 380 g/mol. The third kappa shape index (κ3) is 4.77. The fraction of sp³-hybridized carbons (Fsp3) is 0.136. The van der Waals surface area contributed by atoms with Crippen molar-refractivity contribution in [2.75, 3.05) is 11.1 Å². The van der Waals surface area contributed by atoms with Gasteiger partial charge in [0, 0.05) is 18.1 Å². The number of anilines is 3. The number of thiazole rings is 1. The number of nitrogen functional groups attached to an aromatic ring is 1. The first-order chi connectivity index (χ1) is 14.1. The van der Waals surface area contributed by atoms with Gasteiger partial charge in [0.05, 0.1) is 16.6 Å². The Morgan fingerprint density at radius 1 is 1.03 bits per heavy atom. The molecule has 1 aromatic carbocycles. The largest absolute Gasteiger partial charge is 0.399 e. The summed E-state index contributed by atoms with van der Waals surface area (Å²) in [4.78, 5) is 14.5. The third-order valence-corrected chi connectivity index (χ3v) is 5.60. The second-order valence-electron chi connectivity index (χ2n) is 6.87. The molecular formula is C22H22N6S. The summed E-state index contributed by atoms with van der Waals surface area (Å²) >= 11 is 1.57. The van der Waals surface area contributed by atoms with E-state index >= 15 is 0 Å². The normalized spacial score (nSPS) is 11.9. The van der Waals surface area contributed by atoms with E-state index in [-0.39, 0.29) is 6.04 Å². The van der Waals surface area contributed by atoms with Gasteiger partial charge >= 0.3 is 0 Å². The number of pyridine rings is 2. The number of nitrogens with zero attached hydrogens (tertiary/aromatic N) is 3. The van der Waals surface area contributed by atoms with Crippen LogP contribution in [0.5, 0.6) is 0 Å². The third-order valence-electron chi connectivity index (χ3n) is 4.45. The Labute approximate surface area is 173 Å². The van der Waals surface area contributed by atoms with Crippen LogP contribution in [0.15, 0.2) is 67.0 Å². The van der Waals surface area contributed by atoms with Crippen LogP contribution in [0.2, 0.25) is 0 Å². The summed E-state index contributed by atoms with van der Waals surface area (Å²) in [6, 6.07) is 17.4. The molecule has 0 amide bonds. The van der Waals surface area contributed by atoms with Crippen molar-refractivity contribution >= 4 is 28.7 Å². The summed E-state index contributed by atoms with van der Waals surface area (Å²) in [7, 11) is 0. The summed E-state index contributed by atoms with van der Waals surface area (Å²) in [5.41, 5.74) is 16.0. The van der Waals surface area contributed by atoms with Crippen molar-refractivity contribution in [3.63, 3.8) is 0 Å². The molecule has 7 heteroatoms. The number of nitrogens with two attached hydrogens (primary N) is 2. The van der Waals surface area contributed by atoms with E-state index in [0.717, 1.165) is 44.0 Å². The van der Waals surface area contributed by atoms with E-state index in [1.54, 1.807) is 17.5 Å². The number of aryl methyl sites for hydroxylation is 1. The zero-order valence-corrected chi connectivity index (χ0v) is 16.9. The van der Waals surface area contributed by atoms with Gasteiger partial charge < -0.3 is 16.8 Å². The predicted molar refractivity (Wildman–Crippen MR) is 119 cm³/mol. The lowest BCUT2D eigenvalue weighted by Gasteiger charge is -2.08. The molecule has 4 aromatic rings. The van der Waals surface area contributed by atoms with Crippen LogP contribution in [0.1, 0.15) is 22.2 Å². The van der Waals surface area contributed by atoms with Gasteiger partial charge in [-0.25, -0.2) is 15.0 Å². The average Bonchev–Trinajstić information content (AvgIpc) is 3.20. The van der Waals surface area contributed by atoms with Gasteiger partial charge in [-0.2, -0.15) is 0 Å². The van der Waals surface area contributed by atoms with Gasteiger partial charge in [0.1, 0.15) is 16.6 Å². The Morgan fingerprint density at radius 2 is 1.86 bits per heavy atom. The molecule has 0 bridgehead atoms. The zero-order chi connectivity index (χ0) is 20.2. The maximum atomic E-state index is 6.38. The minimum absolute atomic E-state index is 0.171. The molecule has 0 aliphatic heterocycles. The Balaban J connectivity index is 1.49. The van der Waals surface area contributed by atoms with Crippen LogP contribution >= 0.6 is 11.3 Å². The zero-order valence-electron chi connectivity index (χ0n) is 16.0. The first kappa shape index (κ1) is 19.0. The van der Waals surface area contributed by atoms with Crippen molar-refractivity contribution < 1.29 is 0 Å². The van der Waals surface area contributed by atoms with Gasteiger partial charge in [0.15, 0.2) is 0 Å². The van der Waals surface area contributed by atoms with E-state index in [2.05, 4.69) is 15.3 Å². The second-order valence-corrected chi connectivity index (χ2v) is 7.93.